The van der Waals surface area contributed by atoms with Gasteiger partial charge in [0.15, 0.2) is 15.7 Å². The first-order chi connectivity index (χ1) is 8.36. The van der Waals surface area contributed by atoms with Crippen LogP contribution in [0.2, 0.25) is 5.28 Å². The Morgan fingerprint density at radius 3 is 2.61 bits per heavy atom. The molecule has 0 fully saturated rings. The number of nitrogens with zero attached hydrogens (tertiary/aromatic N) is 3. The third-order valence-corrected chi connectivity index (χ3v) is 5.00. The van der Waals surface area contributed by atoms with Crippen molar-refractivity contribution in [1.29, 1.82) is 0 Å². The summed E-state index contributed by atoms with van der Waals surface area (Å²) in [4.78, 5) is 10.4. The van der Waals surface area contributed by atoms with Crippen molar-refractivity contribution in [2.24, 2.45) is 0 Å². The lowest BCUT2D eigenvalue weighted by atomic mass is 10.2. The Morgan fingerprint density at radius 1 is 1.39 bits per heavy atom. The van der Waals surface area contributed by atoms with Gasteiger partial charge in [-0.2, -0.15) is 4.98 Å². The second kappa shape index (κ2) is 4.66. The minimum atomic E-state index is -3.27. The quantitative estimate of drug-likeness (QED) is 0.793. The maximum absolute atomic E-state index is 12.1. The average Bonchev–Trinajstić information content (AvgIpc) is 2.54. The normalized spacial score (nSPS) is 16.9. The van der Waals surface area contributed by atoms with Crippen molar-refractivity contribution >= 4 is 27.3 Å². The number of anilines is 1. The highest BCUT2D eigenvalue weighted by Gasteiger charge is 2.34. The summed E-state index contributed by atoms with van der Waals surface area (Å²) in [5.41, 5.74) is 0.545. The molecule has 0 unspecified atom stereocenters. The Labute approximate surface area is 112 Å². The van der Waals surface area contributed by atoms with E-state index in [2.05, 4.69) is 9.97 Å². The highest BCUT2D eigenvalue weighted by Crippen LogP contribution is 2.34. The summed E-state index contributed by atoms with van der Waals surface area (Å²) in [6, 6.07) is 0.154. The number of fused-ring (bicyclic) bond motifs is 1. The standard InChI is InChI=1S/C11H16ClN3O2S/c1-4-15(7(2)3)10-9-8(13-11(12)14-10)5-6-18(9,16)17/h7H,4-6H2,1-3H3. The van der Waals surface area contributed by atoms with Crippen molar-refractivity contribution in [2.45, 2.75) is 38.1 Å². The molecule has 100 valence electrons. The maximum atomic E-state index is 12.1. The number of aryl methyl sites for hydroxylation is 1. The zero-order valence-electron chi connectivity index (χ0n) is 10.6. The van der Waals surface area contributed by atoms with Gasteiger partial charge >= 0.3 is 0 Å². The summed E-state index contributed by atoms with van der Waals surface area (Å²) in [6.07, 6.45) is 0.419. The molecular formula is C11H16ClN3O2S. The van der Waals surface area contributed by atoms with E-state index in [1.807, 2.05) is 25.7 Å². The lowest BCUT2D eigenvalue weighted by molar-refractivity contribution is 0.598. The molecule has 0 N–H and O–H groups in total. The molecule has 1 aliphatic heterocycles. The molecule has 0 bridgehead atoms. The predicted molar refractivity (Wildman–Crippen MR) is 71.0 cm³/mol. The number of rotatable bonds is 3. The van der Waals surface area contributed by atoms with Crippen LogP contribution in [0.15, 0.2) is 4.90 Å². The van der Waals surface area contributed by atoms with E-state index < -0.39 is 9.84 Å². The van der Waals surface area contributed by atoms with Crippen molar-refractivity contribution in [2.75, 3.05) is 17.2 Å². The summed E-state index contributed by atoms with van der Waals surface area (Å²) in [5.74, 6) is 0.542. The number of aromatic nitrogens is 2. The zero-order valence-corrected chi connectivity index (χ0v) is 12.2. The van der Waals surface area contributed by atoms with Gasteiger partial charge in [0.05, 0.1) is 11.4 Å². The smallest absolute Gasteiger partial charge is 0.224 e. The maximum Gasteiger partial charge on any atom is 0.224 e. The molecule has 1 aliphatic rings. The molecule has 2 heterocycles. The molecule has 0 saturated carbocycles. The van der Waals surface area contributed by atoms with Crippen LogP contribution >= 0.6 is 11.6 Å². The second-order valence-corrected chi connectivity index (χ2v) is 6.92. The monoisotopic (exact) mass is 289 g/mol. The molecule has 7 heteroatoms. The van der Waals surface area contributed by atoms with Crippen LogP contribution < -0.4 is 4.90 Å². The highest BCUT2D eigenvalue weighted by atomic mass is 35.5. The molecule has 1 aromatic rings. The van der Waals surface area contributed by atoms with E-state index in [4.69, 9.17) is 11.6 Å². The first-order valence-corrected chi connectivity index (χ1v) is 7.95. The van der Waals surface area contributed by atoms with Crippen LogP contribution in [0.1, 0.15) is 26.5 Å². The van der Waals surface area contributed by atoms with E-state index in [1.165, 1.54) is 0 Å². The van der Waals surface area contributed by atoms with E-state index in [0.717, 1.165) is 0 Å². The number of halogens is 1. The fourth-order valence-electron chi connectivity index (χ4n) is 2.23. The van der Waals surface area contributed by atoms with E-state index >= 15 is 0 Å². The summed E-state index contributed by atoms with van der Waals surface area (Å²) in [7, 11) is -3.27. The van der Waals surface area contributed by atoms with Gasteiger partial charge in [0.2, 0.25) is 5.28 Å². The Morgan fingerprint density at radius 2 is 2.06 bits per heavy atom. The molecule has 1 aromatic heterocycles. The molecule has 0 aromatic carbocycles. The van der Waals surface area contributed by atoms with Gasteiger partial charge in [0, 0.05) is 19.0 Å². The Balaban J connectivity index is 2.68. The van der Waals surface area contributed by atoms with Crippen molar-refractivity contribution < 1.29 is 8.42 Å². The van der Waals surface area contributed by atoms with Gasteiger partial charge in [-0.15, -0.1) is 0 Å². The first kappa shape index (κ1) is 13.5. The first-order valence-electron chi connectivity index (χ1n) is 5.92. The van der Waals surface area contributed by atoms with Crippen LogP contribution in [-0.4, -0.2) is 36.7 Å². The van der Waals surface area contributed by atoms with Crippen LogP contribution in [0.5, 0.6) is 0 Å². The minimum Gasteiger partial charge on any atom is -0.353 e. The minimum absolute atomic E-state index is 0.0972. The molecule has 0 aliphatic carbocycles. The lowest BCUT2D eigenvalue weighted by Gasteiger charge is -2.27. The van der Waals surface area contributed by atoms with Crippen LogP contribution in [0.25, 0.3) is 0 Å². The van der Waals surface area contributed by atoms with Gasteiger partial charge in [0.25, 0.3) is 0 Å². The second-order valence-electron chi connectivity index (χ2n) is 4.54. The van der Waals surface area contributed by atoms with Crippen LogP contribution in [0, 0.1) is 0 Å². The fraction of sp³-hybridized carbons (Fsp3) is 0.636. The van der Waals surface area contributed by atoms with E-state index in [-0.39, 0.29) is 22.0 Å². The largest absolute Gasteiger partial charge is 0.353 e. The SMILES string of the molecule is CCN(c1nc(Cl)nc2c1S(=O)(=O)CC2)C(C)C. The fourth-order valence-corrected chi connectivity index (χ4v) is 4.03. The van der Waals surface area contributed by atoms with Gasteiger partial charge < -0.3 is 4.90 Å². The van der Waals surface area contributed by atoms with Crippen LogP contribution in [0.4, 0.5) is 5.82 Å². The number of sulfone groups is 1. The van der Waals surface area contributed by atoms with Gasteiger partial charge in [0.1, 0.15) is 4.90 Å². The molecule has 0 radical (unpaired) electrons. The van der Waals surface area contributed by atoms with E-state index in [9.17, 15) is 8.42 Å². The summed E-state index contributed by atoms with van der Waals surface area (Å²) in [6.45, 7) is 6.62. The molecule has 0 atom stereocenters. The third-order valence-electron chi connectivity index (χ3n) is 3.05. The summed E-state index contributed by atoms with van der Waals surface area (Å²) in [5, 5.41) is 0.111. The Bertz CT molecular complexity index is 572. The van der Waals surface area contributed by atoms with Gasteiger partial charge in [-0.1, -0.05) is 0 Å². The molecule has 0 amide bonds. The van der Waals surface area contributed by atoms with Crippen molar-refractivity contribution in [3.63, 3.8) is 0 Å². The number of hydrogen-bond donors (Lipinski definition) is 0. The number of hydrogen-bond acceptors (Lipinski definition) is 5. The molecule has 0 spiro atoms. The Kier molecular flexibility index (Phi) is 3.51. The highest BCUT2D eigenvalue weighted by molar-refractivity contribution is 7.91. The zero-order chi connectivity index (χ0) is 13.5. The van der Waals surface area contributed by atoms with Crippen LogP contribution in [-0.2, 0) is 16.3 Å². The van der Waals surface area contributed by atoms with Gasteiger partial charge in [-0.25, -0.2) is 13.4 Å². The summed E-state index contributed by atoms with van der Waals surface area (Å²) < 4.78 is 24.2. The Hall–Kier alpha value is -0.880. The predicted octanol–water partition coefficient (Wildman–Crippen LogP) is 1.69. The average molecular weight is 290 g/mol. The molecule has 18 heavy (non-hydrogen) atoms. The van der Waals surface area contributed by atoms with Crippen molar-refractivity contribution in [3.05, 3.63) is 11.0 Å². The molecule has 2 rings (SSSR count). The third kappa shape index (κ3) is 2.19. The lowest BCUT2D eigenvalue weighted by Crippen LogP contribution is -2.32. The molecular weight excluding hydrogens is 274 g/mol. The summed E-state index contributed by atoms with van der Waals surface area (Å²) >= 11 is 5.88. The van der Waals surface area contributed by atoms with Crippen LogP contribution in [0.3, 0.4) is 0 Å². The van der Waals surface area contributed by atoms with E-state index in [1.54, 1.807) is 0 Å². The van der Waals surface area contributed by atoms with Crippen molar-refractivity contribution in [3.8, 4) is 0 Å². The van der Waals surface area contributed by atoms with Gasteiger partial charge in [-0.05, 0) is 32.4 Å². The van der Waals surface area contributed by atoms with Crippen molar-refractivity contribution in [1.82, 2.24) is 9.97 Å². The van der Waals surface area contributed by atoms with E-state index in [0.29, 0.717) is 24.5 Å². The van der Waals surface area contributed by atoms with Gasteiger partial charge in [-0.3, -0.25) is 0 Å². The topological polar surface area (TPSA) is 63.2 Å². The molecule has 0 saturated heterocycles. The molecule has 5 nitrogen and oxygen atoms in total.